The van der Waals surface area contributed by atoms with E-state index in [1.807, 2.05) is 0 Å². The number of hydrogen-bond acceptors (Lipinski definition) is 6. The molecule has 0 saturated heterocycles. The van der Waals surface area contributed by atoms with Crippen LogP contribution < -0.4 is 10.1 Å². The van der Waals surface area contributed by atoms with Crippen molar-refractivity contribution in [1.82, 2.24) is 14.8 Å². The van der Waals surface area contributed by atoms with E-state index < -0.39 is 54.3 Å². The van der Waals surface area contributed by atoms with Crippen LogP contribution in [0.2, 0.25) is 5.02 Å². The van der Waals surface area contributed by atoms with E-state index >= 15 is 0 Å². The Morgan fingerprint density at radius 2 is 1.89 bits per heavy atom. The third-order valence-electron chi connectivity index (χ3n) is 2.98. The van der Waals surface area contributed by atoms with Crippen molar-refractivity contribution in [2.75, 3.05) is 11.9 Å². The summed E-state index contributed by atoms with van der Waals surface area (Å²) in [4.78, 5) is 38.4. The lowest BCUT2D eigenvalue weighted by molar-refractivity contribution is -0.153. The van der Waals surface area contributed by atoms with Crippen LogP contribution in [0, 0.1) is 0 Å². The molecule has 2 aromatic heterocycles. The van der Waals surface area contributed by atoms with E-state index in [-0.39, 0.29) is 10.8 Å². The summed E-state index contributed by atoms with van der Waals surface area (Å²) >= 11 is 5.64. The standard InChI is InChI=1S/C14H10ClF3N4O6/c15-6-1-2-7(19-3-6)20-8(23)4-22-10(13(26)27)11(9(21-22)12(24)25)28-5-14(16,17)18/h1-3H,4-5H2,(H,24,25)(H,26,27)(H,19,20,23). The molecule has 1 amide bonds. The summed E-state index contributed by atoms with van der Waals surface area (Å²) < 4.78 is 41.8. The molecular weight excluding hydrogens is 413 g/mol. The molecule has 0 aliphatic heterocycles. The van der Waals surface area contributed by atoms with E-state index in [0.717, 1.165) is 0 Å². The highest BCUT2D eigenvalue weighted by molar-refractivity contribution is 6.30. The number of carbonyl (C=O) groups is 3. The monoisotopic (exact) mass is 422 g/mol. The van der Waals surface area contributed by atoms with Gasteiger partial charge in [0, 0.05) is 6.20 Å². The predicted octanol–water partition coefficient (Wildman–Crippen LogP) is 1.91. The number of hydrogen-bond donors (Lipinski definition) is 3. The molecular formula is C14H10ClF3N4O6. The summed E-state index contributed by atoms with van der Waals surface area (Å²) in [5.74, 6) is -5.62. The quantitative estimate of drug-likeness (QED) is 0.613. The van der Waals surface area contributed by atoms with Gasteiger partial charge >= 0.3 is 18.1 Å². The van der Waals surface area contributed by atoms with Gasteiger partial charge < -0.3 is 20.3 Å². The van der Waals surface area contributed by atoms with Gasteiger partial charge in [-0.3, -0.25) is 4.79 Å². The maximum Gasteiger partial charge on any atom is 0.422 e. The number of carboxylic acid groups (broad SMARTS) is 2. The third-order valence-corrected chi connectivity index (χ3v) is 3.21. The van der Waals surface area contributed by atoms with Crippen LogP contribution in [0.25, 0.3) is 0 Å². The third kappa shape index (κ3) is 5.33. The van der Waals surface area contributed by atoms with Crippen LogP contribution in [0.15, 0.2) is 18.3 Å². The van der Waals surface area contributed by atoms with Crippen LogP contribution in [-0.4, -0.2) is 55.6 Å². The molecule has 0 bridgehead atoms. The van der Waals surface area contributed by atoms with Gasteiger partial charge in [-0.05, 0) is 12.1 Å². The molecule has 28 heavy (non-hydrogen) atoms. The smallest absolute Gasteiger partial charge is 0.422 e. The van der Waals surface area contributed by atoms with Crippen LogP contribution in [0.5, 0.6) is 5.75 Å². The van der Waals surface area contributed by atoms with E-state index in [1.165, 1.54) is 18.3 Å². The van der Waals surface area contributed by atoms with Crippen molar-refractivity contribution in [2.24, 2.45) is 0 Å². The number of amides is 1. The van der Waals surface area contributed by atoms with Gasteiger partial charge in [0.1, 0.15) is 12.4 Å². The number of aromatic nitrogens is 3. The molecule has 0 unspecified atom stereocenters. The normalized spacial score (nSPS) is 11.1. The van der Waals surface area contributed by atoms with Crippen LogP contribution in [-0.2, 0) is 11.3 Å². The number of nitrogens with zero attached hydrogens (tertiary/aromatic N) is 3. The molecule has 0 aliphatic rings. The van der Waals surface area contributed by atoms with Gasteiger partial charge in [-0.2, -0.15) is 18.3 Å². The number of aromatic carboxylic acids is 2. The first-order valence-corrected chi connectivity index (χ1v) is 7.54. The lowest BCUT2D eigenvalue weighted by Crippen LogP contribution is -2.23. The van der Waals surface area contributed by atoms with Crippen molar-refractivity contribution in [2.45, 2.75) is 12.7 Å². The number of carboxylic acids is 2. The summed E-state index contributed by atoms with van der Waals surface area (Å²) in [6.45, 7) is -2.78. The van der Waals surface area contributed by atoms with E-state index in [1.54, 1.807) is 0 Å². The molecule has 0 aliphatic carbocycles. The highest BCUT2D eigenvalue weighted by Gasteiger charge is 2.34. The van der Waals surface area contributed by atoms with Gasteiger partial charge in [0.15, 0.2) is 18.1 Å². The lowest BCUT2D eigenvalue weighted by atomic mass is 10.3. The molecule has 0 atom stereocenters. The summed E-state index contributed by atoms with van der Waals surface area (Å²) in [7, 11) is 0. The second kappa shape index (κ2) is 8.12. The zero-order chi connectivity index (χ0) is 21.1. The minimum Gasteiger partial charge on any atom is -0.479 e. The molecule has 14 heteroatoms. The van der Waals surface area contributed by atoms with Crippen molar-refractivity contribution in [1.29, 1.82) is 0 Å². The number of ether oxygens (including phenoxy) is 1. The molecule has 0 aromatic carbocycles. The summed E-state index contributed by atoms with van der Waals surface area (Å²) in [6, 6.07) is 2.74. The van der Waals surface area contributed by atoms with Gasteiger partial charge in [-0.15, -0.1) is 0 Å². The van der Waals surface area contributed by atoms with Crippen LogP contribution in [0.3, 0.4) is 0 Å². The van der Waals surface area contributed by atoms with E-state index in [0.29, 0.717) is 4.68 Å². The maximum absolute atomic E-state index is 12.4. The fourth-order valence-corrected chi connectivity index (χ4v) is 2.08. The highest BCUT2D eigenvalue weighted by atomic mass is 35.5. The molecule has 0 radical (unpaired) electrons. The Kier molecular flexibility index (Phi) is 6.08. The Morgan fingerprint density at radius 1 is 1.21 bits per heavy atom. The highest BCUT2D eigenvalue weighted by Crippen LogP contribution is 2.27. The SMILES string of the molecule is O=C(Cn1nc(C(=O)O)c(OCC(F)(F)F)c1C(=O)O)Nc1ccc(Cl)cn1. The Balaban J connectivity index is 2.32. The second-order valence-electron chi connectivity index (χ2n) is 5.11. The Labute approximate surface area is 158 Å². The van der Waals surface area contributed by atoms with Gasteiger partial charge in [0.25, 0.3) is 0 Å². The minimum atomic E-state index is -4.86. The zero-order valence-electron chi connectivity index (χ0n) is 13.5. The average molecular weight is 423 g/mol. The van der Waals surface area contributed by atoms with Gasteiger partial charge in [-0.1, -0.05) is 11.6 Å². The number of alkyl halides is 3. The predicted molar refractivity (Wildman–Crippen MR) is 85.6 cm³/mol. The van der Waals surface area contributed by atoms with Crippen LogP contribution >= 0.6 is 11.6 Å². The number of rotatable bonds is 7. The summed E-state index contributed by atoms with van der Waals surface area (Å²) in [5.41, 5.74) is -2.11. The maximum atomic E-state index is 12.4. The van der Waals surface area contributed by atoms with Gasteiger partial charge in [0.05, 0.1) is 5.02 Å². The molecule has 2 heterocycles. The van der Waals surface area contributed by atoms with Crippen LogP contribution in [0.1, 0.15) is 21.0 Å². The van der Waals surface area contributed by atoms with Gasteiger partial charge in [-0.25, -0.2) is 19.3 Å². The lowest BCUT2D eigenvalue weighted by Gasteiger charge is -2.10. The fourth-order valence-electron chi connectivity index (χ4n) is 1.97. The summed E-state index contributed by atoms with van der Waals surface area (Å²) in [6.07, 6.45) is -3.63. The molecule has 2 aromatic rings. The first kappa shape index (κ1) is 21.0. The number of carbonyl (C=O) groups excluding carboxylic acids is 1. The molecule has 0 saturated carbocycles. The number of pyridine rings is 1. The Hall–Kier alpha value is -3.35. The number of anilines is 1. The minimum absolute atomic E-state index is 0.0467. The van der Waals surface area contributed by atoms with Crippen molar-refractivity contribution in [3.63, 3.8) is 0 Å². The number of nitrogens with one attached hydrogen (secondary N) is 1. The second-order valence-corrected chi connectivity index (χ2v) is 5.54. The topological polar surface area (TPSA) is 144 Å². The molecule has 0 fully saturated rings. The van der Waals surface area contributed by atoms with E-state index in [4.69, 9.17) is 16.7 Å². The molecule has 0 spiro atoms. The van der Waals surface area contributed by atoms with Crippen molar-refractivity contribution >= 4 is 35.3 Å². The Morgan fingerprint density at radius 3 is 2.39 bits per heavy atom. The van der Waals surface area contributed by atoms with E-state index in [2.05, 4.69) is 20.1 Å². The molecule has 2 rings (SSSR count). The van der Waals surface area contributed by atoms with Gasteiger partial charge in [0.2, 0.25) is 11.6 Å². The first-order chi connectivity index (χ1) is 13.0. The largest absolute Gasteiger partial charge is 0.479 e. The molecule has 150 valence electrons. The van der Waals surface area contributed by atoms with Crippen LogP contribution in [0.4, 0.5) is 19.0 Å². The fraction of sp³-hybridized carbons (Fsp3) is 0.214. The van der Waals surface area contributed by atoms with Crippen molar-refractivity contribution in [3.8, 4) is 5.75 Å². The molecule has 3 N–H and O–H groups in total. The van der Waals surface area contributed by atoms with Crippen molar-refractivity contribution < 1.29 is 42.5 Å². The molecule has 10 nitrogen and oxygen atoms in total. The summed E-state index contributed by atoms with van der Waals surface area (Å²) in [5, 5.41) is 24.2. The zero-order valence-corrected chi connectivity index (χ0v) is 14.3. The first-order valence-electron chi connectivity index (χ1n) is 7.16. The Bertz CT molecular complexity index is 913. The van der Waals surface area contributed by atoms with Crippen molar-refractivity contribution in [3.05, 3.63) is 34.7 Å². The average Bonchev–Trinajstić information content (AvgIpc) is 2.93. The number of halogens is 4. The van der Waals surface area contributed by atoms with E-state index in [9.17, 15) is 32.7 Å².